The molecule has 1 aromatic heterocycles. The Labute approximate surface area is 141 Å². The van der Waals surface area contributed by atoms with Crippen LogP contribution in [-0.2, 0) is 5.51 Å². The number of halogens is 8. The van der Waals surface area contributed by atoms with Gasteiger partial charge in [-0.15, -0.1) is 13.2 Å². The van der Waals surface area contributed by atoms with Gasteiger partial charge in [-0.25, -0.2) is 0 Å². The molecule has 0 amide bonds. The fourth-order valence-electron chi connectivity index (χ4n) is 2.90. The number of thiophene rings is 1. The number of benzene rings is 1. The van der Waals surface area contributed by atoms with Crippen LogP contribution in [0.5, 0.6) is 0 Å². The van der Waals surface area contributed by atoms with E-state index in [1.807, 2.05) is 0 Å². The summed E-state index contributed by atoms with van der Waals surface area (Å²) in [5.41, 5.74) is -4.20. The van der Waals surface area contributed by atoms with Crippen LogP contribution in [0.4, 0.5) is 30.4 Å². The van der Waals surface area contributed by atoms with Gasteiger partial charge in [0.15, 0.2) is 9.58 Å². The van der Waals surface area contributed by atoms with E-state index in [2.05, 4.69) is 0 Å². The Hall–Kier alpha value is -0.955. The van der Waals surface area contributed by atoms with Crippen molar-refractivity contribution in [2.75, 3.05) is 0 Å². The first kappa shape index (κ1) is 19.4. The van der Waals surface area contributed by atoms with Crippen molar-refractivity contribution >= 4 is 39.4 Å². The zero-order valence-corrected chi connectivity index (χ0v) is 13.8. The van der Waals surface area contributed by atoms with Gasteiger partial charge >= 0.3 is 12.8 Å². The van der Waals surface area contributed by atoms with Crippen LogP contribution in [0.15, 0.2) is 24.3 Å². The van der Waals surface area contributed by atoms with E-state index in [0.29, 0.717) is 20.0 Å². The third kappa shape index (κ3) is 5.02. The maximum atomic E-state index is 13.4. The molecule has 1 aliphatic carbocycles. The van der Waals surface area contributed by atoms with E-state index in [9.17, 15) is 30.4 Å². The highest BCUT2D eigenvalue weighted by molar-refractivity contribution is 7.38. The highest BCUT2D eigenvalue weighted by atomic mass is 35.5. The highest BCUT2D eigenvalue weighted by Crippen LogP contribution is 2.55. The molecule has 10 heteroatoms. The Bertz CT molecular complexity index is 695. The van der Waals surface area contributed by atoms with Gasteiger partial charge < -0.3 is 17.3 Å². The molecule has 0 radical (unpaired) electrons. The standard InChI is InChI=1S/C14H13ClF3S.BF4/c15-11-6-5-10-7-12(9-3-1-2-4-9)19(13(10)8-11)14(16,17)18;2-1(3,4)5/h5-9H,1-4H2;/q+1;-1. The van der Waals surface area contributed by atoms with Gasteiger partial charge in [-0.05, 0) is 25.0 Å². The minimum Gasteiger partial charge on any atom is -0.418 e. The molecule has 2 aromatic rings. The van der Waals surface area contributed by atoms with E-state index in [0.717, 1.165) is 25.7 Å². The van der Waals surface area contributed by atoms with E-state index in [1.165, 1.54) is 6.07 Å². The largest absolute Gasteiger partial charge is 0.673 e. The fraction of sp³-hybridized carbons (Fsp3) is 0.429. The lowest BCUT2D eigenvalue weighted by atomic mass is 10.1. The van der Waals surface area contributed by atoms with Crippen LogP contribution in [0.2, 0.25) is 5.02 Å². The number of fused-ring (bicyclic) bond motifs is 1. The summed E-state index contributed by atoms with van der Waals surface area (Å²) in [5.74, 6) is 0.0936. The zero-order valence-electron chi connectivity index (χ0n) is 12.2. The van der Waals surface area contributed by atoms with Crippen molar-refractivity contribution in [2.24, 2.45) is 0 Å². The lowest BCUT2D eigenvalue weighted by Crippen LogP contribution is -2.02. The van der Waals surface area contributed by atoms with E-state index in [1.54, 1.807) is 18.2 Å². The Balaban J connectivity index is 0.000000368. The minimum absolute atomic E-state index is 0.0936. The molecule has 1 saturated carbocycles. The van der Waals surface area contributed by atoms with Crippen LogP contribution >= 0.6 is 22.1 Å². The van der Waals surface area contributed by atoms with Crippen LogP contribution in [0.25, 0.3) is 10.1 Å². The quantitative estimate of drug-likeness (QED) is 0.265. The molecule has 1 aromatic carbocycles. The topological polar surface area (TPSA) is 0 Å². The maximum absolute atomic E-state index is 13.4. The van der Waals surface area contributed by atoms with Crippen LogP contribution in [0.3, 0.4) is 0 Å². The lowest BCUT2D eigenvalue weighted by Gasteiger charge is -2.05. The first-order valence-corrected chi connectivity index (χ1v) is 8.76. The first-order chi connectivity index (χ1) is 11.0. The van der Waals surface area contributed by atoms with Crippen LogP contribution in [-0.4, -0.2) is 7.25 Å². The molecule has 1 atom stereocenters. The molecule has 1 unspecified atom stereocenters. The maximum Gasteiger partial charge on any atom is 0.673 e. The molecular formula is C14H13BClF7S. The summed E-state index contributed by atoms with van der Waals surface area (Å²) < 4.78 is 79.6. The first-order valence-electron chi connectivity index (χ1n) is 7.16. The van der Waals surface area contributed by atoms with Gasteiger partial charge in [-0.1, -0.05) is 24.4 Å². The van der Waals surface area contributed by atoms with Gasteiger partial charge in [-0.3, -0.25) is 0 Å². The molecule has 0 spiro atoms. The van der Waals surface area contributed by atoms with Crippen LogP contribution in [0.1, 0.15) is 36.5 Å². The molecule has 0 N–H and O–H groups in total. The van der Waals surface area contributed by atoms with Crippen molar-refractivity contribution in [1.29, 1.82) is 0 Å². The fourth-order valence-corrected chi connectivity index (χ4v) is 5.33. The summed E-state index contributed by atoms with van der Waals surface area (Å²) in [4.78, 5) is 0.572. The van der Waals surface area contributed by atoms with E-state index < -0.39 is 23.2 Å². The van der Waals surface area contributed by atoms with Crippen LogP contribution in [0, 0.1) is 0 Å². The zero-order chi connectivity index (χ0) is 18.1. The predicted octanol–water partition coefficient (Wildman–Crippen LogP) is 7.68. The molecule has 1 fully saturated rings. The second-order valence-corrected chi connectivity index (χ2v) is 7.88. The van der Waals surface area contributed by atoms with Gasteiger partial charge in [0.2, 0.25) is 0 Å². The summed E-state index contributed by atoms with van der Waals surface area (Å²) >= 11 is 5.86. The number of hydrogen-bond donors (Lipinski definition) is 0. The summed E-state index contributed by atoms with van der Waals surface area (Å²) in [6, 6.07) is 6.59. The Morgan fingerprint density at radius 3 is 2.04 bits per heavy atom. The summed E-state index contributed by atoms with van der Waals surface area (Å²) in [6.07, 6.45) is 3.84. The lowest BCUT2D eigenvalue weighted by molar-refractivity contribution is -0.0868. The molecule has 1 heterocycles. The second-order valence-electron chi connectivity index (χ2n) is 5.46. The Morgan fingerprint density at radius 1 is 1.00 bits per heavy atom. The number of hydrogen-bond acceptors (Lipinski definition) is 0. The van der Waals surface area contributed by atoms with Crippen molar-refractivity contribution in [3.05, 3.63) is 34.2 Å². The molecule has 24 heavy (non-hydrogen) atoms. The highest BCUT2D eigenvalue weighted by Gasteiger charge is 2.49. The molecule has 0 saturated heterocycles. The van der Waals surface area contributed by atoms with E-state index in [-0.39, 0.29) is 5.92 Å². The van der Waals surface area contributed by atoms with Crippen molar-refractivity contribution in [3.63, 3.8) is 0 Å². The van der Waals surface area contributed by atoms with E-state index >= 15 is 0 Å². The van der Waals surface area contributed by atoms with E-state index in [4.69, 9.17) is 11.6 Å². The smallest absolute Gasteiger partial charge is 0.418 e. The van der Waals surface area contributed by atoms with Gasteiger partial charge in [0, 0.05) is 28.5 Å². The summed E-state index contributed by atoms with van der Waals surface area (Å²) in [5, 5.41) is 1.06. The third-order valence-electron chi connectivity index (χ3n) is 3.72. The molecular weight excluding hydrogens is 379 g/mol. The third-order valence-corrected chi connectivity index (χ3v) is 6.13. The van der Waals surface area contributed by atoms with Gasteiger partial charge in [0.25, 0.3) is 0 Å². The molecule has 0 nitrogen and oxygen atoms in total. The monoisotopic (exact) mass is 392 g/mol. The van der Waals surface area contributed by atoms with Crippen molar-refractivity contribution < 1.29 is 30.4 Å². The van der Waals surface area contributed by atoms with Crippen LogP contribution < -0.4 is 0 Å². The predicted molar refractivity (Wildman–Crippen MR) is 84.1 cm³/mol. The molecule has 1 aliphatic rings. The normalized spacial score (nSPS) is 17.1. The van der Waals surface area contributed by atoms with Crippen molar-refractivity contribution in [3.8, 4) is 0 Å². The van der Waals surface area contributed by atoms with Crippen molar-refractivity contribution in [2.45, 2.75) is 37.1 Å². The van der Waals surface area contributed by atoms with Gasteiger partial charge in [0.1, 0.15) is 0 Å². The van der Waals surface area contributed by atoms with Gasteiger partial charge in [0.05, 0.1) is 10.5 Å². The number of alkyl halides is 3. The summed E-state index contributed by atoms with van der Waals surface area (Å²) in [7, 11) is -7.78. The SMILES string of the molecule is FC(F)(F)[s+]1c(C2CCCC2)cc2ccc(Cl)cc21.F[B-](F)(F)F. The molecule has 134 valence electrons. The minimum atomic E-state index is -6.00. The molecule has 3 rings (SSSR count). The molecule has 0 bridgehead atoms. The average molecular weight is 393 g/mol. The Morgan fingerprint density at radius 2 is 1.54 bits per heavy atom. The molecule has 0 aliphatic heterocycles. The Kier molecular flexibility index (Phi) is 5.74. The van der Waals surface area contributed by atoms with Crippen molar-refractivity contribution in [1.82, 2.24) is 0 Å². The second kappa shape index (κ2) is 7.11. The summed E-state index contributed by atoms with van der Waals surface area (Å²) in [6.45, 7) is 0. The average Bonchev–Trinajstić information content (AvgIpc) is 3.01. The number of rotatable bonds is 1. The van der Waals surface area contributed by atoms with Gasteiger partial charge in [-0.2, -0.15) is 0 Å².